The summed E-state index contributed by atoms with van der Waals surface area (Å²) in [6.07, 6.45) is 26.5. The van der Waals surface area contributed by atoms with Crippen molar-refractivity contribution in [2.75, 3.05) is 0 Å². The molecule has 5 rings (SSSR count). The molecule has 0 saturated carbocycles. The van der Waals surface area contributed by atoms with Gasteiger partial charge in [0.05, 0.1) is 36.3 Å². The summed E-state index contributed by atoms with van der Waals surface area (Å²) in [4.78, 5) is 4.50. The third-order valence-corrected chi connectivity index (χ3v) is 19.2. The average molecular weight is 1080 g/mol. The maximum absolute atomic E-state index is 5.06. The van der Waals surface area contributed by atoms with Gasteiger partial charge in [-0.1, -0.05) is 154 Å². The van der Waals surface area contributed by atoms with E-state index >= 15 is 0 Å². The Morgan fingerprint density at radius 1 is 0.271 bits per heavy atom. The molecule has 1 aromatic carbocycles. The van der Waals surface area contributed by atoms with Crippen LogP contribution in [0.25, 0.3) is 0 Å². The zero-order valence-electron chi connectivity index (χ0n) is 43.5. The highest BCUT2D eigenvalue weighted by molar-refractivity contribution is 7.83. The molecule has 4 heterocycles. The molecule has 0 aliphatic rings. The zero-order valence-corrected chi connectivity index (χ0v) is 50.4. The van der Waals surface area contributed by atoms with Gasteiger partial charge in [-0.05, 0) is 159 Å². The van der Waals surface area contributed by atoms with Crippen LogP contribution in [0.5, 0.6) is 0 Å². The monoisotopic (exact) mass is 1080 g/mol. The highest BCUT2D eigenvalue weighted by atomic mass is 32.2. The topological polar surface area (TPSA) is 0 Å². The molecule has 0 bridgehead atoms. The van der Waals surface area contributed by atoms with Gasteiger partial charge < -0.3 is 0 Å². The van der Waals surface area contributed by atoms with Crippen molar-refractivity contribution in [1.29, 1.82) is 0 Å². The van der Waals surface area contributed by atoms with Crippen LogP contribution in [0.2, 0.25) is 0 Å². The van der Waals surface area contributed by atoms with Gasteiger partial charge in [0.25, 0.3) is 0 Å². The van der Waals surface area contributed by atoms with Crippen molar-refractivity contribution in [3.05, 3.63) is 98.4 Å². The first kappa shape index (κ1) is 58.5. The van der Waals surface area contributed by atoms with Gasteiger partial charge in [-0.3, -0.25) is 0 Å². The number of thiol groups is 4. The normalized spacial score (nSPS) is 10.9. The lowest BCUT2D eigenvalue weighted by Gasteiger charge is -2.06. The fourth-order valence-corrected chi connectivity index (χ4v) is 14.8. The summed E-state index contributed by atoms with van der Waals surface area (Å²) in [7, 11) is 0. The third-order valence-electron chi connectivity index (χ3n) is 13.0. The maximum Gasteiger partial charge on any atom is 0.0818 e. The highest BCUT2D eigenvalue weighted by Gasteiger charge is 2.19. The molecule has 5 aromatic rings. The van der Waals surface area contributed by atoms with Crippen LogP contribution in [0.3, 0.4) is 0 Å². The van der Waals surface area contributed by atoms with Gasteiger partial charge in [0.15, 0.2) is 0 Å². The molecule has 0 N–H and O–H groups in total. The fraction of sp³-hybridized carbons (Fsp3) is 0.516. The molecule has 0 radical (unpaired) electrons. The summed E-state index contributed by atoms with van der Waals surface area (Å²) >= 11 is 27.2. The number of thiophene rings is 4. The number of benzene rings is 1. The minimum atomic E-state index is 0.882. The number of hydrogen-bond donors (Lipinski definition) is 4. The van der Waals surface area contributed by atoms with Crippen molar-refractivity contribution in [3.63, 3.8) is 0 Å². The van der Waals surface area contributed by atoms with Gasteiger partial charge in [-0.25, -0.2) is 0 Å². The molecule has 8 heteroatoms. The van der Waals surface area contributed by atoms with Crippen molar-refractivity contribution in [1.82, 2.24) is 0 Å². The third kappa shape index (κ3) is 16.3. The molecule has 0 spiro atoms. The fourth-order valence-electron chi connectivity index (χ4n) is 8.77. The van der Waals surface area contributed by atoms with Gasteiger partial charge in [0.1, 0.15) is 0 Å². The minimum absolute atomic E-state index is 0.882. The summed E-state index contributed by atoms with van der Waals surface area (Å²) in [6, 6.07) is 4.39. The molecule has 0 atom stereocenters. The van der Waals surface area contributed by atoms with E-state index in [-0.39, 0.29) is 0 Å². The molecule has 70 heavy (non-hydrogen) atoms. The first-order chi connectivity index (χ1) is 34.1. The second-order valence-corrected chi connectivity index (χ2v) is 25.6. The Bertz CT molecular complexity index is 2360. The van der Waals surface area contributed by atoms with Crippen LogP contribution in [-0.4, -0.2) is 0 Å². The summed E-state index contributed by atoms with van der Waals surface area (Å²) < 4.78 is 4.41. The van der Waals surface area contributed by atoms with Crippen LogP contribution >= 0.6 is 95.9 Å². The van der Waals surface area contributed by atoms with Crippen LogP contribution in [-0.2, 0) is 51.4 Å². The molecule has 374 valence electrons. The molecule has 0 fully saturated rings. The highest BCUT2D eigenvalue weighted by Crippen LogP contribution is 2.38. The average Bonchev–Trinajstić information content (AvgIpc) is 4.04. The number of unbranched alkanes of at least 4 members (excludes halogenated alkanes) is 8. The van der Waals surface area contributed by atoms with E-state index in [1.54, 1.807) is 45.3 Å². The maximum atomic E-state index is 5.06. The molecular formula is C62H78S8. The summed E-state index contributed by atoms with van der Waals surface area (Å²) in [6.45, 7) is 18.1. The molecular weight excluding hydrogens is 1000 g/mol. The predicted molar refractivity (Wildman–Crippen MR) is 326 cm³/mol. The lowest BCUT2D eigenvalue weighted by Crippen LogP contribution is -1.96. The van der Waals surface area contributed by atoms with E-state index in [9.17, 15) is 0 Å². The van der Waals surface area contributed by atoms with Crippen LogP contribution in [0, 0.1) is 47.4 Å². The van der Waals surface area contributed by atoms with E-state index in [0.29, 0.717) is 0 Å². The molecule has 0 aliphatic carbocycles. The lowest BCUT2D eigenvalue weighted by atomic mass is 9.96. The van der Waals surface area contributed by atoms with Crippen LogP contribution in [0.15, 0.2) is 29.0 Å². The summed E-state index contributed by atoms with van der Waals surface area (Å²) in [5, 5.41) is 0. The van der Waals surface area contributed by atoms with E-state index in [0.717, 1.165) is 213 Å². The summed E-state index contributed by atoms with van der Waals surface area (Å²) in [5.41, 5.74) is 14.6. The first-order valence-electron chi connectivity index (χ1n) is 26.7. The Balaban J connectivity index is 1.84. The van der Waals surface area contributed by atoms with Crippen LogP contribution < -0.4 is 0 Å². The second kappa shape index (κ2) is 31.4. The predicted octanol–water partition coefficient (Wildman–Crippen LogP) is 19.4. The largest absolute Gasteiger partial charge is 0.133 e. The van der Waals surface area contributed by atoms with Crippen molar-refractivity contribution < 1.29 is 0 Å². The zero-order chi connectivity index (χ0) is 50.4. The number of rotatable bonds is 24. The standard InChI is InChI=1S/C62H78S8/c1-9-17-25-47-51(29-21-13-5)59(63)67-55(47)37-33-43-41-45(35-39-57-49(27-19-11-3)53(31-23-15-7)61(65)69-57)46(36-40-58-50(28-20-12-4)54(32-24-16-8)62(66)70-58)42-44(43)34-38-56-48(26-18-10-2)52(30-22-14-6)60(64)68-56/h41-42,63-66H,9-32H2,1-8H3. The SMILES string of the molecule is CCCCc1c(S)sc(C#Cc2cc(C#Cc3sc(S)c(CCCC)c3CCCC)c(C#Cc3sc(S)c(CCCC)c3CCCC)cc2C#Cc2sc(S)c(CCCC)c2CCCC)c1CCCC. The van der Waals surface area contributed by atoms with E-state index in [4.69, 9.17) is 50.5 Å². The van der Waals surface area contributed by atoms with Gasteiger partial charge in [-0.15, -0.1) is 95.9 Å². The molecule has 0 aliphatic heterocycles. The van der Waals surface area contributed by atoms with E-state index in [1.165, 1.54) is 44.5 Å². The molecule has 4 aromatic heterocycles. The van der Waals surface area contributed by atoms with Gasteiger partial charge in [0, 0.05) is 22.3 Å². The van der Waals surface area contributed by atoms with Crippen molar-refractivity contribution >= 4 is 95.9 Å². The smallest absolute Gasteiger partial charge is 0.0818 e. The molecule has 0 amide bonds. The van der Waals surface area contributed by atoms with Crippen molar-refractivity contribution in [3.8, 4) is 47.4 Å². The van der Waals surface area contributed by atoms with Crippen molar-refractivity contribution in [2.45, 2.75) is 226 Å². The Morgan fingerprint density at radius 2 is 0.443 bits per heavy atom. The quantitative estimate of drug-likeness (QED) is 0.0344. The lowest BCUT2D eigenvalue weighted by molar-refractivity contribution is 0.755. The van der Waals surface area contributed by atoms with Crippen LogP contribution in [0.4, 0.5) is 0 Å². The van der Waals surface area contributed by atoms with E-state index < -0.39 is 0 Å². The van der Waals surface area contributed by atoms with Gasteiger partial charge in [0.2, 0.25) is 0 Å². The summed E-state index contributed by atoms with van der Waals surface area (Å²) in [5.74, 6) is 29.8. The van der Waals surface area contributed by atoms with Gasteiger partial charge >= 0.3 is 0 Å². The van der Waals surface area contributed by atoms with Gasteiger partial charge in [-0.2, -0.15) is 0 Å². The van der Waals surface area contributed by atoms with E-state index in [2.05, 4.69) is 115 Å². The Hall–Kier alpha value is -2.34. The molecule has 0 unspecified atom stereocenters. The number of hydrogen-bond acceptors (Lipinski definition) is 8. The van der Waals surface area contributed by atoms with E-state index in [1.807, 2.05) is 0 Å². The molecule has 0 nitrogen and oxygen atoms in total. The Kier molecular flexibility index (Phi) is 26.3. The first-order valence-corrected chi connectivity index (χ1v) is 31.7. The Morgan fingerprint density at radius 3 is 0.614 bits per heavy atom. The Labute approximate surface area is 463 Å². The molecule has 0 saturated heterocycles. The second-order valence-electron chi connectivity index (χ2n) is 18.5. The van der Waals surface area contributed by atoms with Crippen LogP contribution in [0.1, 0.15) is 244 Å². The van der Waals surface area contributed by atoms with Crippen molar-refractivity contribution in [2.24, 2.45) is 0 Å². The minimum Gasteiger partial charge on any atom is -0.133 e.